The Bertz CT molecular complexity index is 942. The summed E-state index contributed by atoms with van der Waals surface area (Å²) in [6.45, 7) is 3.89. The Kier molecular flexibility index (Phi) is 4.98. The van der Waals surface area contributed by atoms with Crippen molar-refractivity contribution in [3.63, 3.8) is 0 Å². The number of rotatable bonds is 7. The lowest BCUT2D eigenvalue weighted by Gasteiger charge is -2.15. The summed E-state index contributed by atoms with van der Waals surface area (Å²) >= 11 is 0. The van der Waals surface area contributed by atoms with Gasteiger partial charge in [-0.3, -0.25) is 9.59 Å². The molecule has 2 amide bonds. The fourth-order valence-corrected chi connectivity index (χ4v) is 4.62. The molecule has 1 saturated heterocycles. The molecule has 4 unspecified atom stereocenters. The molecular weight excluding hydrogens is 368 g/mol. The maximum absolute atomic E-state index is 12.8. The average Bonchev–Trinajstić information content (AvgIpc) is 3.40. The van der Waals surface area contributed by atoms with E-state index >= 15 is 0 Å². The summed E-state index contributed by atoms with van der Waals surface area (Å²) in [7, 11) is 1.54. The Morgan fingerprint density at radius 3 is 2.55 bits per heavy atom. The number of nitrogens with zero attached hydrogens (tertiary/aromatic N) is 2. The number of ether oxygens (including phenoxy) is 2. The first kappa shape index (κ1) is 19.0. The smallest absolute Gasteiger partial charge is 0.254 e. The van der Waals surface area contributed by atoms with Gasteiger partial charge < -0.3 is 9.47 Å². The maximum Gasteiger partial charge on any atom is 0.254 e. The van der Waals surface area contributed by atoms with Crippen LogP contribution < -0.4 is 9.47 Å². The lowest BCUT2D eigenvalue weighted by molar-refractivity contribution is -0.140. The van der Waals surface area contributed by atoms with Crippen molar-refractivity contribution in [3.05, 3.63) is 48.1 Å². The van der Waals surface area contributed by atoms with Crippen molar-refractivity contribution in [2.75, 3.05) is 13.7 Å². The first-order valence-electron chi connectivity index (χ1n) is 9.57. The highest BCUT2D eigenvalue weighted by atomic mass is 16.5. The molecule has 2 aliphatic carbocycles. The van der Waals surface area contributed by atoms with Crippen LogP contribution in [0.5, 0.6) is 11.5 Å². The van der Waals surface area contributed by atoms with Gasteiger partial charge in [-0.15, -0.1) is 13.0 Å². The molecule has 0 spiro atoms. The minimum absolute atomic E-state index is 0.115. The van der Waals surface area contributed by atoms with Crippen LogP contribution in [0, 0.1) is 36.0 Å². The second kappa shape index (κ2) is 7.59. The Balaban J connectivity index is 1.61. The van der Waals surface area contributed by atoms with Crippen molar-refractivity contribution in [2.45, 2.75) is 12.8 Å². The third kappa shape index (κ3) is 3.13. The molecule has 2 fully saturated rings. The van der Waals surface area contributed by atoms with E-state index < -0.39 is 0 Å². The lowest BCUT2D eigenvalue weighted by Crippen LogP contribution is -2.28. The van der Waals surface area contributed by atoms with Crippen LogP contribution in [0.15, 0.2) is 42.0 Å². The number of allylic oxidation sites excluding steroid dienone is 3. The topological polar surface area (TPSA) is 68.2 Å². The fraction of sp³-hybridized carbons (Fsp3) is 0.348. The first-order chi connectivity index (χ1) is 14.1. The molecule has 2 bridgehead atoms. The molecule has 1 aromatic rings. The summed E-state index contributed by atoms with van der Waals surface area (Å²) in [6.07, 6.45) is 14.1. The van der Waals surface area contributed by atoms with E-state index in [2.05, 4.69) is 29.8 Å². The molecule has 4 atom stereocenters. The number of imide groups is 1. The number of amides is 2. The van der Waals surface area contributed by atoms with E-state index in [0.717, 1.165) is 17.0 Å². The lowest BCUT2D eigenvalue weighted by atomic mass is 9.85. The predicted molar refractivity (Wildman–Crippen MR) is 108 cm³/mol. The molecule has 29 heavy (non-hydrogen) atoms. The van der Waals surface area contributed by atoms with Crippen LogP contribution in [0.1, 0.15) is 17.5 Å². The number of benzene rings is 1. The zero-order valence-electron chi connectivity index (χ0n) is 16.2. The van der Waals surface area contributed by atoms with Crippen LogP contribution in [0.25, 0.3) is 0 Å². The molecule has 4 rings (SSSR count). The third-order valence-corrected chi connectivity index (χ3v) is 5.81. The van der Waals surface area contributed by atoms with Gasteiger partial charge in [-0.05, 0) is 42.4 Å². The van der Waals surface area contributed by atoms with Crippen LogP contribution in [-0.2, 0) is 16.0 Å². The van der Waals surface area contributed by atoms with Crippen molar-refractivity contribution < 1.29 is 19.1 Å². The van der Waals surface area contributed by atoms with Gasteiger partial charge in [0.15, 0.2) is 11.5 Å². The molecule has 0 radical (unpaired) electrons. The first-order valence-corrected chi connectivity index (χ1v) is 9.57. The van der Waals surface area contributed by atoms with Gasteiger partial charge in [0.05, 0.1) is 25.2 Å². The number of carbonyl (C=O) groups is 2. The highest BCUT2D eigenvalue weighted by Gasteiger charge is 2.59. The van der Waals surface area contributed by atoms with E-state index in [0.29, 0.717) is 23.5 Å². The Labute approximate surface area is 169 Å². The molecular formula is C23H22N2O4. The molecule has 0 N–H and O–H groups in total. The summed E-state index contributed by atoms with van der Waals surface area (Å²) in [4.78, 5) is 25.5. The molecule has 6 nitrogen and oxygen atoms in total. The minimum Gasteiger partial charge on any atom is -0.493 e. The quantitative estimate of drug-likeness (QED) is 0.311. The van der Waals surface area contributed by atoms with E-state index in [1.54, 1.807) is 12.1 Å². The second-order valence-electron chi connectivity index (χ2n) is 7.43. The van der Waals surface area contributed by atoms with E-state index in [1.165, 1.54) is 13.3 Å². The van der Waals surface area contributed by atoms with E-state index in [9.17, 15) is 9.59 Å². The monoisotopic (exact) mass is 390 g/mol. The van der Waals surface area contributed by atoms with Crippen LogP contribution in [0.2, 0.25) is 0 Å². The summed E-state index contributed by atoms with van der Waals surface area (Å²) < 4.78 is 11.1. The van der Waals surface area contributed by atoms with Gasteiger partial charge in [0.2, 0.25) is 0 Å². The van der Waals surface area contributed by atoms with Gasteiger partial charge in [-0.25, -0.2) is 0 Å². The van der Waals surface area contributed by atoms with Crippen molar-refractivity contribution in [1.29, 1.82) is 0 Å². The number of hydrogen-bond donors (Lipinski definition) is 0. The fourth-order valence-electron chi connectivity index (χ4n) is 4.62. The van der Waals surface area contributed by atoms with Gasteiger partial charge in [0.1, 0.15) is 6.61 Å². The molecule has 1 heterocycles. The predicted octanol–water partition coefficient (Wildman–Crippen LogP) is 2.58. The number of methoxy groups -OCH3 is 1. The zero-order chi connectivity index (χ0) is 20.5. The largest absolute Gasteiger partial charge is 0.493 e. The van der Waals surface area contributed by atoms with Crippen molar-refractivity contribution in [3.8, 4) is 23.8 Å². The summed E-state index contributed by atoms with van der Waals surface area (Å²) in [5.41, 5.74) is 1.51. The summed E-state index contributed by atoms with van der Waals surface area (Å²) in [6, 6.07) is 3.59. The van der Waals surface area contributed by atoms with Gasteiger partial charge in [0.25, 0.3) is 11.8 Å². The minimum atomic E-state index is -0.264. The van der Waals surface area contributed by atoms with Gasteiger partial charge in [-0.1, -0.05) is 24.1 Å². The molecule has 3 aliphatic rings. The van der Waals surface area contributed by atoms with Crippen LogP contribution in [-0.4, -0.2) is 36.8 Å². The van der Waals surface area contributed by atoms with Crippen LogP contribution in [0.3, 0.4) is 0 Å². The Hall–Kier alpha value is -3.33. The van der Waals surface area contributed by atoms with Crippen molar-refractivity contribution in [1.82, 2.24) is 5.01 Å². The highest BCUT2D eigenvalue weighted by molar-refractivity contribution is 6.06. The van der Waals surface area contributed by atoms with Crippen LogP contribution >= 0.6 is 0 Å². The van der Waals surface area contributed by atoms with Crippen molar-refractivity contribution in [2.24, 2.45) is 28.8 Å². The van der Waals surface area contributed by atoms with Crippen LogP contribution in [0.4, 0.5) is 0 Å². The van der Waals surface area contributed by atoms with E-state index in [-0.39, 0.29) is 42.1 Å². The molecule has 148 valence electrons. The summed E-state index contributed by atoms with van der Waals surface area (Å²) in [5, 5.41) is 5.26. The third-order valence-electron chi connectivity index (χ3n) is 5.81. The SMILES string of the molecule is C#CCOc1c(CC=C)cc(C=NN2C(=O)C3C4C=CC(C4)C3C2=O)cc1OC. The van der Waals surface area contributed by atoms with Gasteiger partial charge in [-0.2, -0.15) is 10.1 Å². The van der Waals surface area contributed by atoms with Gasteiger partial charge in [0, 0.05) is 5.56 Å². The van der Waals surface area contributed by atoms with Crippen molar-refractivity contribution >= 4 is 18.0 Å². The number of terminal acetylenes is 1. The number of hydrogen-bond acceptors (Lipinski definition) is 5. The maximum atomic E-state index is 12.8. The molecule has 1 aromatic carbocycles. The summed E-state index contributed by atoms with van der Waals surface area (Å²) in [5.74, 6) is 2.86. The average molecular weight is 390 g/mol. The zero-order valence-corrected chi connectivity index (χ0v) is 16.2. The molecule has 0 aromatic heterocycles. The standard InChI is InChI=1S/C23H22N2O4/c1-4-6-17-10-14(11-18(28-3)21(17)29-9-5-2)13-24-25-22(26)19-15-7-8-16(12-15)20(19)23(25)27/h2,4,7-8,10-11,13,15-16,19-20H,1,6,9,12H2,3H3. The second-order valence-corrected chi connectivity index (χ2v) is 7.43. The molecule has 1 aliphatic heterocycles. The highest BCUT2D eigenvalue weighted by Crippen LogP contribution is 2.52. The molecule has 6 heteroatoms. The number of hydrazone groups is 1. The van der Waals surface area contributed by atoms with E-state index in [1.807, 2.05) is 6.07 Å². The molecule has 1 saturated carbocycles. The Morgan fingerprint density at radius 1 is 1.28 bits per heavy atom. The number of fused-ring (bicyclic) bond motifs is 5. The normalized spacial score (nSPS) is 26.8. The Morgan fingerprint density at radius 2 is 1.97 bits per heavy atom. The number of carbonyl (C=O) groups excluding carboxylic acids is 2. The van der Waals surface area contributed by atoms with E-state index in [4.69, 9.17) is 15.9 Å². The van der Waals surface area contributed by atoms with Gasteiger partial charge >= 0.3 is 0 Å².